The van der Waals surface area contributed by atoms with Gasteiger partial charge in [-0.2, -0.15) is 0 Å². The van der Waals surface area contributed by atoms with Crippen molar-refractivity contribution in [3.8, 4) is 0 Å². The van der Waals surface area contributed by atoms with Crippen LogP contribution in [-0.4, -0.2) is 33.4 Å². The highest BCUT2D eigenvalue weighted by molar-refractivity contribution is 7.14. The summed E-state index contributed by atoms with van der Waals surface area (Å²) < 4.78 is 10.5. The monoisotopic (exact) mass is 400 g/mol. The molecule has 2 amide bonds. The highest BCUT2D eigenvalue weighted by Crippen LogP contribution is 2.33. The molecule has 0 saturated carbocycles. The van der Waals surface area contributed by atoms with Crippen molar-refractivity contribution in [1.82, 2.24) is 15.0 Å². The van der Waals surface area contributed by atoms with Crippen LogP contribution in [0.2, 0.25) is 0 Å². The summed E-state index contributed by atoms with van der Waals surface area (Å²) in [6.07, 6.45) is 3.45. The molecule has 8 nitrogen and oxygen atoms in total. The molecular weight excluding hydrogens is 380 g/mol. The third kappa shape index (κ3) is 3.70. The molecule has 4 rings (SSSR count). The van der Waals surface area contributed by atoms with E-state index in [-0.39, 0.29) is 24.3 Å². The van der Waals surface area contributed by atoms with Gasteiger partial charge in [0.1, 0.15) is 5.76 Å². The van der Waals surface area contributed by atoms with Crippen molar-refractivity contribution >= 4 is 28.3 Å². The number of rotatable bonds is 5. The first-order valence-corrected chi connectivity index (χ1v) is 9.92. The fourth-order valence-corrected chi connectivity index (χ4v) is 4.09. The number of hydrogen-bond donors (Lipinski definition) is 1. The molecule has 0 radical (unpaired) electrons. The van der Waals surface area contributed by atoms with E-state index in [0.717, 1.165) is 24.3 Å². The molecule has 146 valence electrons. The van der Waals surface area contributed by atoms with Gasteiger partial charge in [-0.15, -0.1) is 11.3 Å². The van der Waals surface area contributed by atoms with E-state index in [1.165, 1.54) is 17.6 Å². The lowest BCUT2D eigenvalue weighted by Gasteiger charge is -2.22. The summed E-state index contributed by atoms with van der Waals surface area (Å²) in [5, 5.41) is 8.92. The third-order valence-corrected chi connectivity index (χ3v) is 5.56. The van der Waals surface area contributed by atoms with Crippen LogP contribution in [0.4, 0.5) is 5.13 Å². The summed E-state index contributed by atoms with van der Waals surface area (Å²) in [6, 6.07) is 3.42. The number of amides is 2. The predicted octanol–water partition coefficient (Wildman–Crippen LogP) is 3.50. The van der Waals surface area contributed by atoms with Crippen molar-refractivity contribution in [1.29, 1.82) is 0 Å². The molecule has 1 atom stereocenters. The minimum absolute atomic E-state index is 0.00888. The number of furan rings is 1. The Morgan fingerprint density at radius 3 is 2.96 bits per heavy atom. The molecule has 1 saturated heterocycles. The van der Waals surface area contributed by atoms with Crippen LogP contribution in [0.3, 0.4) is 0 Å². The second kappa shape index (κ2) is 7.59. The lowest BCUT2D eigenvalue weighted by atomic mass is 10.1. The van der Waals surface area contributed by atoms with Gasteiger partial charge in [0.15, 0.2) is 10.9 Å². The summed E-state index contributed by atoms with van der Waals surface area (Å²) in [4.78, 5) is 31.2. The zero-order chi connectivity index (χ0) is 19.7. The average Bonchev–Trinajstić information content (AvgIpc) is 3.42. The Balaban J connectivity index is 1.40. The number of likely N-dealkylation sites (tertiary alicyclic amines) is 1. The number of thiazole rings is 1. The predicted molar refractivity (Wildman–Crippen MR) is 102 cm³/mol. The maximum atomic E-state index is 12.8. The Kier molecular flexibility index (Phi) is 4.99. The maximum absolute atomic E-state index is 12.8. The van der Waals surface area contributed by atoms with E-state index in [9.17, 15) is 9.59 Å². The highest BCUT2D eigenvalue weighted by atomic mass is 32.1. The summed E-state index contributed by atoms with van der Waals surface area (Å²) in [7, 11) is 0. The lowest BCUT2D eigenvalue weighted by Crippen LogP contribution is -2.31. The molecule has 0 bridgehead atoms. The molecular formula is C19H20N4O4S. The molecule has 0 aromatic carbocycles. The molecule has 1 aliphatic rings. The number of hydrogen-bond acceptors (Lipinski definition) is 7. The first kappa shape index (κ1) is 18.4. The van der Waals surface area contributed by atoms with Crippen molar-refractivity contribution in [2.24, 2.45) is 0 Å². The Hall–Kier alpha value is -2.94. The van der Waals surface area contributed by atoms with Gasteiger partial charge in [0, 0.05) is 18.0 Å². The summed E-state index contributed by atoms with van der Waals surface area (Å²) in [5.74, 6) is 0.987. The van der Waals surface area contributed by atoms with Gasteiger partial charge in [0.05, 0.1) is 35.7 Å². The van der Waals surface area contributed by atoms with Gasteiger partial charge < -0.3 is 13.8 Å². The van der Waals surface area contributed by atoms with Gasteiger partial charge in [-0.05, 0) is 32.8 Å². The molecule has 28 heavy (non-hydrogen) atoms. The molecule has 0 spiro atoms. The Labute approximate surface area is 165 Å². The molecule has 0 aliphatic carbocycles. The maximum Gasteiger partial charge on any atom is 0.260 e. The van der Waals surface area contributed by atoms with Gasteiger partial charge in [-0.1, -0.05) is 5.16 Å². The first-order valence-electron chi connectivity index (χ1n) is 9.04. The van der Waals surface area contributed by atoms with Gasteiger partial charge in [-0.3, -0.25) is 14.9 Å². The molecule has 1 N–H and O–H groups in total. The van der Waals surface area contributed by atoms with E-state index >= 15 is 0 Å². The van der Waals surface area contributed by atoms with E-state index in [2.05, 4.69) is 15.5 Å². The highest BCUT2D eigenvalue weighted by Gasteiger charge is 2.32. The van der Waals surface area contributed by atoms with Gasteiger partial charge in [0.25, 0.3) is 5.91 Å². The smallest absolute Gasteiger partial charge is 0.260 e. The molecule has 3 aromatic rings. The van der Waals surface area contributed by atoms with E-state index in [4.69, 9.17) is 8.94 Å². The number of aryl methyl sites for hydroxylation is 2. The van der Waals surface area contributed by atoms with Crippen LogP contribution in [0, 0.1) is 13.8 Å². The van der Waals surface area contributed by atoms with Crippen molar-refractivity contribution in [3.63, 3.8) is 0 Å². The number of aromatic nitrogens is 2. The Morgan fingerprint density at radius 2 is 2.25 bits per heavy atom. The van der Waals surface area contributed by atoms with E-state index in [1.807, 2.05) is 17.9 Å². The number of carbonyl (C=O) groups excluding carboxylic acids is 2. The van der Waals surface area contributed by atoms with Crippen LogP contribution in [0.25, 0.3) is 0 Å². The third-order valence-electron chi connectivity index (χ3n) is 4.76. The second-order valence-electron chi connectivity index (χ2n) is 6.78. The van der Waals surface area contributed by atoms with Crippen molar-refractivity contribution < 1.29 is 18.5 Å². The lowest BCUT2D eigenvalue weighted by molar-refractivity contribution is -0.131. The van der Waals surface area contributed by atoms with Crippen LogP contribution >= 0.6 is 11.3 Å². The molecule has 1 fully saturated rings. The minimum atomic E-state index is -0.279. The van der Waals surface area contributed by atoms with Crippen LogP contribution < -0.4 is 5.32 Å². The van der Waals surface area contributed by atoms with Crippen molar-refractivity contribution in [2.45, 2.75) is 39.2 Å². The molecule has 4 heterocycles. The number of nitrogens with one attached hydrogen (secondary N) is 1. The standard InChI is InChI=1S/C19H20N4O4S/c1-11-8-16(27-22-11)15-4-3-6-23(15)17(24)9-13-10-28-19(20-13)21-18(25)14-5-7-26-12(14)2/h5,7-8,10,15H,3-4,6,9H2,1-2H3,(H,20,21,25)/t15-/m0/s1. The second-order valence-corrected chi connectivity index (χ2v) is 7.64. The fraction of sp³-hybridized carbons (Fsp3) is 0.368. The number of carbonyl (C=O) groups is 2. The summed E-state index contributed by atoms with van der Waals surface area (Å²) in [6.45, 7) is 4.28. The summed E-state index contributed by atoms with van der Waals surface area (Å²) in [5.41, 5.74) is 1.91. The largest absolute Gasteiger partial charge is 0.469 e. The first-order chi connectivity index (χ1) is 13.5. The van der Waals surface area contributed by atoms with Gasteiger partial charge in [-0.25, -0.2) is 4.98 Å². The van der Waals surface area contributed by atoms with Gasteiger partial charge >= 0.3 is 0 Å². The molecule has 1 aliphatic heterocycles. The Morgan fingerprint density at radius 1 is 1.39 bits per heavy atom. The van der Waals surface area contributed by atoms with E-state index in [0.29, 0.717) is 28.7 Å². The number of nitrogens with zero attached hydrogens (tertiary/aromatic N) is 3. The zero-order valence-electron chi connectivity index (χ0n) is 15.6. The van der Waals surface area contributed by atoms with E-state index in [1.54, 1.807) is 18.4 Å². The number of anilines is 1. The van der Waals surface area contributed by atoms with Gasteiger partial charge in [0.2, 0.25) is 5.91 Å². The average molecular weight is 400 g/mol. The fourth-order valence-electron chi connectivity index (χ4n) is 3.39. The van der Waals surface area contributed by atoms with Crippen LogP contribution in [-0.2, 0) is 11.2 Å². The SMILES string of the molecule is Cc1cc([C@@H]2CCCN2C(=O)Cc2csc(NC(=O)c3ccoc3C)n2)on1. The van der Waals surface area contributed by atoms with Crippen LogP contribution in [0.15, 0.2) is 32.7 Å². The quantitative estimate of drug-likeness (QED) is 0.703. The van der Waals surface area contributed by atoms with Crippen LogP contribution in [0.5, 0.6) is 0 Å². The normalized spacial score (nSPS) is 16.5. The molecule has 3 aromatic heterocycles. The Bertz CT molecular complexity index is 1010. The van der Waals surface area contributed by atoms with Crippen LogP contribution in [0.1, 0.15) is 52.1 Å². The van der Waals surface area contributed by atoms with E-state index < -0.39 is 0 Å². The summed E-state index contributed by atoms with van der Waals surface area (Å²) >= 11 is 1.29. The molecule has 0 unspecified atom stereocenters. The molecule has 9 heteroatoms. The zero-order valence-corrected chi connectivity index (χ0v) is 16.4. The van der Waals surface area contributed by atoms with Crippen molar-refractivity contribution in [3.05, 3.63) is 52.2 Å². The topological polar surface area (TPSA) is 101 Å². The minimum Gasteiger partial charge on any atom is -0.469 e. The van der Waals surface area contributed by atoms with Crippen molar-refractivity contribution in [2.75, 3.05) is 11.9 Å².